The van der Waals surface area contributed by atoms with Gasteiger partial charge in [0.2, 0.25) is 0 Å². The van der Waals surface area contributed by atoms with Gasteiger partial charge in [-0.3, -0.25) is 4.98 Å². The third kappa shape index (κ3) is 5.29. The van der Waals surface area contributed by atoms with E-state index in [1.165, 1.54) is 31.6 Å². The molecule has 3 heteroatoms. The summed E-state index contributed by atoms with van der Waals surface area (Å²) in [5.74, 6) is 0.772. The van der Waals surface area contributed by atoms with E-state index in [2.05, 4.69) is 41.2 Å². The highest BCUT2D eigenvalue weighted by atomic mass is 15.2. The molecule has 1 unspecified atom stereocenters. The van der Waals surface area contributed by atoms with Gasteiger partial charge in [-0.15, -0.1) is 0 Å². The van der Waals surface area contributed by atoms with Crippen molar-refractivity contribution in [3.05, 3.63) is 30.1 Å². The van der Waals surface area contributed by atoms with E-state index in [-0.39, 0.29) is 0 Å². The molecule has 0 saturated carbocycles. The van der Waals surface area contributed by atoms with Crippen LogP contribution in [0.25, 0.3) is 0 Å². The van der Waals surface area contributed by atoms with E-state index in [1.54, 1.807) is 0 Å². The molecule has 1 aliphatic heterocycles. The van der Waals surface area contributed by atoms with Gasteiger partial charge in [-0.05, 0) is 44.0 Å². The molecule has 0 radical (unpaired) electrons. The van der Waals surface area contributed by atoms with E-state index in [4.69, 9.17) is 0 Å². The second kappa shape index (κ2) is 7.61. The van der Waals surface area contributed by atoms with Crippen LogP contribution < -0.4 is 5.32 Å². The van der Waals surface area contributed by atoms with Crippen molar-refractivity contribution in [3.8, 4) is 0 Å². The van der Waals surface area contributed by atoms with Gasteiger partial charge in [0.25, 0.3) is 0 Å². The van der Waals surface area contributed by atoms with Crippen molar-refractivity contribution in [2.45, 2.75) is 39.2 Å². The van der Waals surface area contributed by atoms with Crippen molar-refractivity contribution < 1.29 is 0 Å². The van der Waals surface area contributed by atoms with E-state index in [0.717, 1.165) is 25.4 Å². The Kier molecular flexibility index (Phi) is 5.80. The maximum absolute atomic E-state index is 4.41. The Hall–Kier alpha value is -0.930. The van der Waals surface area contributed by atoms with Gasteiger partial charge in [-0.1, -0.05) is 19.9 Å². The van der Waals surface area contributed by atoms with E-state index >= 15 is 0 Å². The van der Waals surface area contributed by atoms with Crippen molar-refractivity contribution in [1.82, 2.24) is 15.2 Å². The lowest BCUT2D eigenvalue weighted by atomic mass is 10.0. The number of hydrogen-bond acceptors (Lipinski definition) is 3. The third-order valence-corrected chi connectivity index (χ3v) is 3.73. The lowest BCUT2D eigenvalue weighted by Gasteiger charge is -2.25. The van der Waals surface area contributed by atoms with Crippen molar-refractivity contribution in [2.24, 2.45) is 5.92 Å². The number of aromatic nitrogens is 1. The smallest absolute Gasteiger partial charge is 0.0416 e. The largest absolute Gasteiger partial charge is 0.313 e. The predicted molar refractivity (Wildman–Crippen MR) is 80.2 cm³/mol. The summed E-state index contributed by atoms with van der Waals surface area (Å²) >= 11 is 0. The summed E-state index contributed by atoms with van der Waals surface area (Å²) in [6.45, 7) is 9.32. The van der Waals surface area contributed by atoms with Crippen molar-refractivity contribution in [2.75, 3.05) is 26.2 Å². The van der Waals surface area contributed by atoms with E-state index in [1.807, 2.05) is 12.3 Å². The van der Waals surface area contributed by atoms with Crippen molar-refractivity contribution >= 4 is 0 Å². The molecular weight excluding hydrogens is 234 g/mol. The molecule has 2 rings (SSSR count). The molecular formula is C16H27N3. The van der Waals surface area contributed by atoms with Crippen LogP contribution >= 0.6 is 0 Å². The zero-order valence-electron chi connectivity index (χ0n) is 12.3. The molecule has 2 heterocycles. The lowest BCUT2D eigenvalue weighted by Crippen LogP contribution is -2.39. The fourth-order valence-corrected chi connectivity index (χ4v) is 2.83. The fourth-order valence-electron chi connectivity index (χ4n) is 2.83. The van der Waals surface area contributed by atoms with E-state index in [9.17, 15) is 0 Å². The molecule has 0 spiro atoms. The minimum atomic E-state index is 0.659. The van der Waals surface area contributed by atoms with Crippen LogP contribution in [-0.4, -0.2) is 42.1 Å². The molecule has 1 fully saturated rings. The lowest BCUT2D eigenvalue weighted by molar-refractivity contribution is 0.257. The molecule has 3 nitrogen and oxygen atoms in total. The standard InChI is InChI=1S/C16H27N3/c1-14(2)12-16-13-19(10-5-9-18-16)11-7-15-6-3-4-8-17-15/h3-4,6,8,14,16,18H,5,7,9-13H2,1-2H3. The maximum Gasteiger partial charge on any atom is 0.0416 e. The summed E-state index contributed by atoms with van der Waals surface area (Å²) < 4.78 is 0. The highest BCUT2D eigenvalue weighted by Gasteiger charge is 2.18. The minimum absolute atomic E-state index is 0.659. The Morgan fingerprint density at radius 1 is 1.42 bits per heavy atom. The Labute approximate surface area is 117 Å². The summed E-state index contributed by atoms with van der Waals surface area (Å²) in [5, 5.41) is 3.68. The second-order valence-electron chi connectivity index (χ2n) is 6.01. The topological polar surface area (TPSA) is 28.2 Å². The molecule has 1 aromatic rings. The number of nitrogens with zero attached hydrogens (tertiary/aromatic N) is 2. The summed E-state index contributed by atoms with van der Waals surface area (Å²) in [5.41, 5.74) is 1.21. The highest BCUT2D eigenvalue weighted by Crippen LogP contribution is 2.10. The highest BCUT2D eigenvalue weighted by molar-refractivity contribution is 5.03. The molecule has 19 heavy (non-hydrogen) atoms. The van der Waals surface area contributed by atoms with Crippen LogP contribution in [0.4, 0.5) is 0 Å². The molecule has 1 aromatic heterocycles. The first-order valence-corrected chi connectivity index (χ1v) is 7.59. The molecule has 0 amide bonds. The molecule has 0 aromatic carbocycles. The summed E-state index contributed by atoms with van der Waals surface area (Å²) in [6, 6.07) is 6.85. The first-order chi connectivity index (χ1) is 9.24. The maximum atomic E-state index is 4.41. The summed E-state index contributed by atoms with van der Waals surface area (Å²) in [6.07, 6.45) is 5.49. The molecule has 1 aliphatic rings. The van der Waals surface area contributed by atoms with Crippen molar-refractivity contribution in [1.29, 1.82) is 0 Å². The van der Waals surface area contributed by atoms with Crippen LogP contribution in [-0.2, 0) is 6.42 Å². The van der Waals surface area contributed by atoms with Crippen LogP contribution in [0, 0.1) is 5.92 Å². The van der Waals surface area contributed by atoms with Gasteiger partial charge in [0.1, 0.15) is 0 Å². The van der Waals surface area contributed by atoms with Gasteiger partial charge >= 0.3 is 0 Å². The van der Waals surface area contributed by atoms with Crippen LogP contribution in [0.1, 0.15) is 32.4 Å². The van der Waals surface area contributed by atoms with Gasteiger partial charge < -0.3 is 10.2 Å². The van der Waals surface area contributed by atoms with Crippen LogP contribution in [0.2, 0.25) is 0 Å². The normalized spacial score (nSPS) is 21.5. The molecule has 0 bridgehead atoms. The Balaban J connectivity index is 1.81. The molecule has 1 N–H and O–H groups in total. The van der Waals surface area contributed by atoms with Gasteiger partial charge in [0.15, 0.2) is 0 Å². The van der Waals surface area contributed by atoms with E-state index < -0.39 is 0 Å². The second-order valence-corrected chi connectivity index (χ2v) is 6.01. The van der Waals surface area contributed by atoms with E-state index in [0.29, 0.717) is 6.04 Å². The number of pyridine rings is 1. The summed E-state index contributed by atoms with van der Waals surface area (Å²) in [4.78, 5) is 7.01. The zero-order valence-corrected chi connectivity index (χ0v) is 12.3. The minimum Gasteiger partial charge on any atom is -0.313 e. The van der Waals surface area contributed by atoms with Crippen LogP contribution in [0.15, 0.2) is 24.4 Å². The van der Waals surface area contributed by atoms with Crippen LogP contribution in [0.3, 0.4) is 0 Å². The Morgan fingerprint density at radius 2 is 2.32 bits per heavy atom. The Morgan fingerprint density at radius 3 is 3.05 bits per heavy atom. The third-order valence-electron chi connectivity index (χ3n) is 3.73. The first kappa shape index (κ1) is 14.5. The zero-order chi connectivity index (χ0) is 13.5. The number of nitrogens with one attached hydrogen (secondary N) is 1. The molecule has 106 valence electrons. The average Bonchev–Trinajstić information content (AvgIpc) is 2.62. The first-order valence-electron chi connectivity index (χ1n) is 7.59. The number of rotatable bonds is 5. The molecule has 1 atom stereocenters. The summed E-state index contributed by atoms with van der Waals surface area (Å²) in [7, 11) is 0. The van der Waals surface area contributed by atoms with Crippen LogP contribution in [0.5, 0.6) is 0 Å². The van der Waals surface area contributed by atoms with Gasteiger partial charge in [-0.25, -0.2) is 0 Å². The molecule has 1 saturated heterocycles. The molecule has 0 aliphatic carbocycles. The van der Waals surface area contributed by atoms with Gasteiger partial charge in [-0.2, -0.15) is 0 Å². The Bertz CT molecular complexity index is 350. The van der Waals surface area contributed by atoms with Crippen molar-refractivity contribution in [3.63, 3.8) is 0 Å². The SMILES string of the molecule is CC(C)CC1CN(CCc2ccccn2)CCCN1. The predicted octanol–water partition coefficient (Wildman–Crippen LogP) is 2.33. The number of hydrogen-bond donors (Lipinski definition) is 1. The monoisotopic (exact) mass is 261 g/mol. The average molecular weight is 261 g/mol. The fraction of sp³-hybridized carbons (Fsp3) is 0.688. The quantitative estimate of drug-likeness (QED) is 0.882. The van der Waals surface area contributed by atoms with Gasteiger partial charge in [0, 0.05) is 37.4 Å². The van der Waals surface area contributed by atoms with Gasteiger partial charge in [0.05, 0.1) is 0 Å².